The van der Waals surface area contributed by atoms with Crippen LogP contribution in [0.1, 0.15) is 11.1 Å². The van der Waals surface area contributed by atoms with E-state index in [-0.39, 0.29) is 0 Å². The molecule has 0 saturated carbocycles. The first-order valence-electron chi connectivity index (χ1n) is 7.76. The second-order valence-electron chi connectivity index (χ2n) is 5.43. The lowest BCUT2D eigenvalue weighted by Gasteiger charge is -2.10. The number of aromatic nitrogens is 2. The summed E-state index contributed by atoms with van der Waals surface area (Å²) >= 11 is 0. The highest BCUT2D eigenvalue weighted by molar-refractivity contribution is 5.60. The number of aryl methyl sites for hydroxylation is 1. The van der Waals surface area contributed by atoms with Gasteiger partial charge in [0.1, 0.15) is 23.7 Å². The molecule has 0 aliphatic rings. The third kappa shape index (κ3) is 4.01. The van der Waals surface area contributed by atoms with E-state index in [2.05, 4.69) is 39.7 Å². The standard InChI is InChI=1S/C19H20N4O/c1-14-6-3-4-7-15(14)12-20-18-11-19(22-13-21-18)23-16-8-5-9-17(10-16)24-2/h3-11,13H,12H2,1-2H3,(H2,20,21,22,23). The van der Waals surface area contributed by atoms with Crippen LogP contribution in [0.2, 0.25) is 0 Å². The lowest BCUT2D eigenvalue weighted by Crippen LogP contribution is -2.04. The Morgan fingerprint density at radius 2 is 1.79 bits per heavy atom. The van der Waals surface area contributed by atoms with Crippen molar-refractivity contribution < 1.29 is 4.74 Å². The zero-order valence-electron chi connectivity index (χ0n) is 13.8. The summed E-state index contributed by atoms with van der Waals surface area (Å²) in [6.07, 6.45) is 1.54. The lowest BCUT2D eigenvalue weighted by molar-refractivity contribution is 0.415. The molecule has 0 saturated heterocycles. The van der Waals surface area contributed by atoms with Crippen molar-refractivity contribution in [3.8, 4) is 5.75 Å². The van der Waals surface area contributed by atoms with Gasteiger partial charge in [-0.25, -0.2) is 9.97 Å². The molecule has 5 nitrogen and oxygen atoms in total. The summed E-state index contributed by atoms with van der Waals surface area (Å²) < 4.78 is 5.23. The van der Waals surface area contributed by atoms with Crippen molar-refractivity contribution in [3.05, 3.63) is 72.1 Å². The van der Waals surface area contributed by atoms with Gasteiger partial charge in [0.15, 0.2) is 0 Å². The van der Waals surface area contributed by atoms with Gasteiger partial charge in [-0.15, -0.1) is 0 Å². The van der Waals surface area contributed by atoms with Crippen molar-refractivity contribution in [3.63, 3.8) is 0 Å². The summed E-state index contributed by atoms with van der Waals surface area (Å²) in [4.78, 5) is 8.53. The monoisotopic (exact) mass is 320 g/mol. The van der Waals surface area contributed by atoms with Crippen molar-refractivity contribution in [2.75, 3.05) is 17.7 Å². The molecule has 3 aromatic rings. The van der Waals surface area contributed by atoms with Crippen molar-refractivity contribution >= 4 is 17.3 Å². The Balaban J connectivity index is 1.68. The van der Waals surface area contributed by atoms with E-state index in [0.717, 1.165) is 29.6 Å². The predicted molar refractivity (Wildman–Crippen MR) is 96.8 cm³/mol. The SMILES string of the molecule is COc1cccc(Nc2cc(NCc3ccccc3C)ncn2)c1. The van der Waals surface area contributed by atoms with Gasteiger partial charge in [0, 0.05) is 24.4 Å². The maximum absolute atomic E-state index is 5.23. The first-order chi connectivity index (χ1) is 11.7. The lowest BCUT2D eigenvalue weighted by atomic mass is 10.1. The van der Waals surface area contributed by atoms with Gasteiger partial charge in [-0.1, -0.05) is 30.3 Å². The van der Waals surface area contributed by atoms with Gasteiger partial charge in [0.25, 0.3) is 0 Å². The normalized spacial score (nSPS) is 10.2. The number of rotatable bonds is 6. The molecule has 1 heterocycles. The minimum Gasteiger partial charge on any atom is -0.497 e. The van der Waals surface area contributed by atoms with E-state index in [1.54, 1.807) is 13.4 Å². The summed E-state index contributed by atoms with van der Waals surface area (Å²) in [6, 6.07) is 17.9. The number of anilines is 3. The van der Waals surface area contributed by atoms with Crippen molar-refractivity contribution in [1.82, 2.24) is 9.97 Å². The van der Waals surface area contributed by atoms with Crippen LogP contribution >= 0.6 is 0 Å². The van der Waals surface area contributed by atoms with Gasteiger partial charge in [-0.3, -0.25) is 0 Å². The third-order valence-corrected chi connectivity index (χ3v) is 3.73. The van der Waals surface area contributed by atoms with Gasteiger partial charge in [-0.05, 0) is 30.2 Å². The fourth-order valence-electron chi connectivity index (χ4n) is 2.37. The second kappa shape index (κ2) is 7.46. The van der Waals surface area contributed by atoms with Crippen LogP contribution in [0.4, 0.5) is 17.3 Å². The topological polar surface area (TPSA) is 59.1 Å². The Morgan fingerprint density at radius 1 is 0.958 bits per heavy atom. The summed E-state index contributed by atoms with van der Waals surface area (Å²) in [5.41, 5.74) is 3.42. The molecule has 0 amide bonds. The largest absolute Gasteiger partial charge is 0.497 e. The van der Waals surface area contributed by atoms with Crippen molar-refractivity contribution in [1.29, 1.82) is 0 Å². The Labute approximate surface area is 141 Å². The molecule has 0 fully saturated rings. The highest BCUT2D eigenvalue weighted by atomic mass is 16.5. The number of hydrogen-bond acceptors (Lipinski definition) is 5. The smallest absolute Gasteiger partial charge is 0.135 e. The predicted octanol–water partition coefficient (Wildman–Crippen LogP) is 4.15. The molecular formula is C19H20N4O. The molecule has 0 radical (unpaired) electrons. The van der Waals surface area contributed by atoms with E-state index in [0.29, 0.717) is 0 Å². The molecule has 2 N–H and O–H groups in total. The fraction of sp³-hybridized carbons (Fsp3) is 0.158. The number of benzene rings is 2. The van der Waals surface area contributed by atoms with Crippen LogP contribution in [-0.2, 0) is 6.54 Å². The molecule has 0 aliphatic heterocycles. The van der Waals surface area contributed by atoms with Crippen LogP contribution in [0.15, 0.2) is 60.9 Å². The molecule has 0 aliphatic carbocycles. The molecule has 0 spiro atoms. The minimum atomic E-state index is 0.724. The Kier molecular flexibility index (Phi) is 4.91. The van der Waals surface area contributed by atoms with Crippen LogP contribution in [0.3, 0.4) is 0 Å². The Morgan fingerprint density at radius 3 is 2.62 bits per heavy atom. The number of nitrogens with one attached hydrogen (secondary N) is 2. The Bertz CT molecular complexity index is 820. The quantitative estimate of drug-likeness (QED) is 0.714. The van der Waals surface area contributed by atoms with Gasteiger partial charge in [-0.2, -0.15) is 0 Å². The van der Waals surface area contributed by atoms with Crippen LogP contribution in [0.25, 0.3) is 0 Å². The molecule has 5 heteroatoms. The van der Waals surface area contributed by atoms with Gasteiger partial charge in [0.05, 0.1) is 7.11 Å². The highest BCUT2D eigenvalue weighted by Gasteiger charge is 2.02. The maximum atomic E-state index is 5.23. The van der Waals surface area contributed by atoms with E-state index in [1.165, 1.54) is 11.1 Å². The molecule has 0 unspecified atom stereocenters. The van der Waals surface area contributed by atoms with E-state index in [9.17, 15) is 0 Å². The third-order valence-electron chi connectivity index (χ3n) is 3.73. The second-order valence-corrected chi connectivity index (χ2v) is 5.43. The molecule has 2 aromatic carbocycles. The molecule has 122 valence electrons. The number of methoxy groups -OCH3 is 1. The van der Waals surface area contributed by atoms with Crippen LogP contribution in [-0.4, -0.2) is 17.1 Å². The molecule has 1 aromatic heterocycles. The summed E-state index contributed by atoms with van der Waals surface area (Å²) in [5.74, 6) is 2.30. The molecule has 0 bridgehead atoms. The fourth-order valence-corrected chi connectivity index (χ4v) is 2.37. The van der Waals surface area contributed by atoms with E-state index >= 15 is 0 Å². The first-order valence-corrected chi connectivity index (χ1v) is 7.76. The molecule has 3 rings (SSSR count). The van der Waals surface area contributed by atoms with Crippen LogP contribution in [0.5, 0.6) is 5.75 Å². The highest BCUT2D eigenvalue weighted by Crippen LogP contribution is 2.21. The number of hydrogen-bond donors (Lipinski definition) is 2. The van der Waals surface area contributed by atoms with E-state index < -0.39 is 0 Å². The first kappa shape index (κ1) is 15.8. The summed E-state index contributed by atoms with van der Waals surface area (Å²) in [6.45, 7) is 2.83. The Hall–Kier alpha value is -3.08. The van der Waals surface area contributed by atoms with E-state index in [1.807, 2.05) is 42.5 Å². The van der Waals surface area contributed by atoms with Gasteiger partial charge >= 0.3 is 0 Å². The van der Waals surface area contributed by atoms with Crippen LogP contribution in [0, 0.1) is 6.92 Å². The average Bonchev–Trinajstić information content (AvgIpc) is 2.61. The van der Waals surface area contributed by atoms with Gasteiger partial charge in [0.2, 0.25) is 0 Å². The summed E-state index contributed by atoms with van der Waals surface area (Å²) in [7, 11) is 1.65. The van der Waals surface area contributed by atoms with Crippen LogP contribution < -0.4 is 15.4 Å². The number of ether oxygens (including phenoxy) is 1. The van der Waals surface area contributed by atoms with E-state index in [4.69, 9.17) is 4.74 Å². The summed E-state index contributed by atoms with van der Waals surface area (Å²) in [5, 5.41) is 6.59. The average molecular weight is 320 g/mol. The molecular weight excluding hydrogens is 300 g/mol. The molecule has 0 atom stereocenters. The van der Waals surface area contributed by atoms with Gasteiger partial charge < -0.3 is 15.4 Å². The van der Waals surface area contributed by atoms with Crippen molar-refractivity contribution in [2.24, 2.45) is 0 Å². The molecule has 24 heavy (non-hydrogen) atoms. The minimum absolute atomic E-state index is 0.724. The van der Waals surface area contributed by atoms with Crippen molar-refractivity contribution in [2.45, 2.75) is 13.5 Å². The zero-order chi connectivity index (χ0) is 16.8. The number of nitrogens with zero attached hydrogens (tertiary/aromatic N) is 2. The maximum Gasteiger partial charge on any atom is 0.135 e. The zero-order valence-corrected chi connectivity index (χ0v) is 13.8.